The van der Waals surface area contributed by atoms with Crippen molar-refractivity contribution in [3.8, 4) is 11.5 Å². The van der Waals surface area contributed by atoms with Gasteiger partial charge >= 0.3 is 0 Å². The van der Waals surface area contributed by atoms with Crippen molar-refractivity contribution in [1.82, 2.24) is 10.3 Å². The van der Waals surface area contributed by atoms with Crippen molar-refractivity contribution in [3.05, 3.63) is 65.4 Å². The highest BCUT2D eigenvalue weighted by Crippen LogP contribution is 2.23. The van der Waals surface area contributed by atoms with Gasteiger partial charge in [-0.2, -0.15) is 0 Å². The third-order valence-electron chi connectivity index (χ3n) is 4.32. The Morgan fingerprint density at radius 1 is 1.27 bits per heavy atom. The smallest absolute Gasteiger partial charge is 0.244 e. The molecule has 0 aliphatic rings. The standard InChI is InChI=1S/C21H22N2O3/c1-14-11-15(3-7-20(14)24)4-8-21(25)22-10-9-16-13-23-19-6-5-17(26-2)12-18(16)19/h3-8,11-13,23-24H,9-10H2,1-2H3,(H,22,25). The molecule has 0 spiro atoms. The van der Waals surface area contributed by atoms with Gasteiger partial charge in [0.25, 0.3) is 0 Å². The number of carbonyl (C=O) groups excluding carboxylic acids is 1. The summed E-state index contributed by atoms with van der Waals surface area (Å²) in [6, 6.07) is 11.1. The van der Waals surface area contributed by atoms with E-state index in [4.69, 9.17) is 4.74 Å². The van der Waals surface area contributed by atoms with Crippen LogP contribution in [0.4, 0.5) is 0 Å². The lowest BCUT2D eigenvalue weighted by Gasteiger charge is -2.04. The summed E-state index contributed by atoms with van der Waals surface area (Å²) in [4.78, 5) is 15.2. The van der Waals surface area contributed by atoms with E-state index in [0.717, 1.165) is 39.8 Å². The summed E-state index contributed by atoms with van der Waals surface area (Å²) in [5.74, 6) is 0.921. The molecule has 1 amide bonds. The molecule has 0 aliphatic carbocycles. The zero-order valence-corrected chi connectivity index (χ0v) is 14.9. The predicted molar refractivity (Wildman–Crippen MR) is 103 cm³/mol. The number of H-pyrrole nitrogens is 1. The van der Waals surface area contributed by atoms with Crippen molar-refractivity contribution >= 4 is 22.9 Å². The normalized spacial score (nSPS) is 11.2. The van der Waals surface area contributed by atoms with Gasteiger partial charge in [0.15, 0.2) is 0 Å². The van der Waals surface area contributed by atoms with Crippen LogP contribution in [0, 0.1) is 6.92 Å². The maximum absolute atomic E-state index is 12.0. The number of aromatic nitrogens is 1. The minimum absolute atomic E-state index is 0.145. The Morgan fingerprint density at radius 2 is 2.12 bits per heavy atom. The van der Waals surface area contributed by atoms with E-state index in [1.54, 1.807) is 25.3 Å². The molecule has 0 saturated heterocycles. The second-order valence-electron chi connectivity index (χ2n) is 6.15. The molecular formula is C21H22N2O3. The summed E-state index contributed by atoms with van der Waals surface area (Å²) in [6.45, 7) is 2.37. The molecule has 0 fully saturated rings. The van der Waals surface area contributed by atoms with Crippen LogP contribution in [0.1, 0.15) is 16.7 Å². The summed E-state index contributed by atoms with van der Waals surface area (Å²) in [5.41, 5.74) is 3.84. The highest BCUT2D eigenvalue weighted by Gasteiger charge is 2.05. The SMILES string of the molecule is COc1ccc2[nH]cc(CCNC(=O)C=Cc3ccc(O)c(C)c3)c2c1. The number of aromatic amines is 1. The fourth-order valence-corrected chi connectivity index (χ4v) is 2.82. The van der Waals surface area contributed by atoms with Crippen molar-refractivity contribution in [2.24, 2.45) is 0 Å². The third kappa shape index (κ3) is 4.06. The number of aromatic hydroxyl groups is 1. The Labute approximate surface area is 152 Å². The lowest BCUT2D eigenvalue weighted by molar-refractivity contribution is -0.116. The molecule has 1 heterocycles. The van der Waals surface area contributed by atoms with E-state index in [2.05, 4.69) is 10.3 Å². The second-order valence-corrected chi connectivity index (χ2v) is 6.15. The van der Waals surface area contributed by atoms with Gasteiger partial charge in [-0.3, -0.25) is 4.79 Å². The Hall–Kier alpha value is -3.21. The van der Waals surface area contributed by atoms with E-state index in [1.807, 2.05) is 37.4 Å². The molecule has 0 atom stereocenters. The minimum atomic E-state index is -0.145. The molecule has 5 nitrogen and oxygen atoms in total. The quantitative estimate of drug-likeness (QED) is 0.595. The highest BCUT2D eigenvalue weighted by molar-refractivity contribution is 5.91. The molecule has 26 heavy (non-hydrogen) atoms. The average molecular weight is 350 g/mol. The maximum Gasteiger partial charge on any atom is 0.244 e. The summed E-state index contributed by atoms with van der Waals surface area (Å²) >= 11 is 0. The highest BCUT2D eigenvalue weighted by atomic mass is 16.5. The second kappa shape index (κ2) is 7.78. The summed E-state index contributed by atoms with van der Waals surface area (Å²) in [7, 11) is 1.65. The van der Waals surface area contributed by atoms with Crippen LogP contribution in [-0.4, -0.2) is 29.7 Å². The third-order valence-corrected chi connectivity index (χ3v) is 4.32. The molecule has 3 N–H and O–H groups in total. The Bertz CT molecular complexity index is 957. The zero-order valence-electron chi connectivity index (χ0n) is 14.9. The lowest BCUT2D eigenvalue weighted by atomic mass is 10.1. The first-order chi connectivity index (χ1) is 12.6. The number of aryl methyl sites for hydroxylation is 1. The fourth-order valence-electron chi connectivity index (χ4n) is 2.82. The fraction of sp³-hybridized carbons (Fsp3) is 0.190. The van der Waals surface area contributed by atoms with E-state index in [0.29, 0.717) is 6.54 Å². The van der Waals surface area contributed by atoms with Crippen LogP contribution < -0.4 is 10.1 Å². The number of phenols is 1. The number of phenolic OH excluding ortho intramolecular Hbond substituents is 1. The predicted octanol–water partition coefficient (Wildman–Crippen LogP) is 3.56. The van der Waals surface area contributed by atoms with Crippen LogP contribution in [0.15, 0.2) is 48.7 Å². The molecule has 0 aliphatic heterocycles. The molecule has 3 rings (SSSR count). The lowest BCUT2D eigenvalue weighted by Crippen LogP contribution is -2.23. The van der Waals surface area contributed by atoms with Gasteiger partial charge in [0.1, 0.15) is 11.5 Å². The molecule has 0 radical (unpaired) electrons. The molecule has 5 heteroatoms. The molecular weight excluding hydrogens is 328 g/mol. The first kappa shape index (κ1) is 17.6. The topological polar surface area (TPSA) is 74.3 Å². The van der Waals surface area contributed by atoms with Gasteiger partial charge in [0, 0.05) is 29.7 Å². The average Bonchev–Trinajstić information content (AvgIpc) is 3.05. The molecule has 0 unspecified atom stereocenters. The monoisotopic (exact) mass is 350 g/mol. The van der Waals surface area contributed by atoms with Gasteiger partial charge in [-0.15, -0.1) is 0 Å². The zero-order chi connectivity index (χ0) is 18.5. The first-order valence-electron chi connectivity index (χ1n) is 8.46. The van der Waals surface area contributed by atoms with Crippen LogP contribution in [0.2, 0.25) is 0 Å². The summed E-state index contributed by atoms with van der Waals surface area (Å²) < 4.78 is 5.27. The van der Waals surface area contributed by atoms with Crippen LogP contribution in [-0.2, 0) is 11.2 Å². The Morgan fingerprint density at radius 3 is 2.88 bits per heavy atom. The molecule has 1 aromatic heterocycles. The van der Waals surface area contributed by atoms with Crippen LogP contribution in [0.3, 0.4) is 0 Å². The van der Waals surface area contributed by atoms with Gasteiger partial charge in [0.05, 0.1) is 7.11 Å². The largest absolute Gasteiger partial charge is 0.508 e. The van der Waals surface area contributed by atoms with Gasteiger partial charge in [-0.25, -0.2) is 0 Å². The Balaban J connectivity index is 1.56. The number of ether oxygens (including phenoxy) is 1. The number of carbonyl (C=O) groups is 1. The molecule has 0 bridgehead atoms. The van der Waals surface area contributed by atoms with Crippen molar-refractivity contribution in [3.63, 3.8) is 0 Å². The number of rotatable bonds is 6. The van der Waals surface area contributed by atoms with Crippen LogP contribution in [0.5, 0.6) is 11.5 Å². The van der Waals surface area contributed by atoms with E-state index in [9.17, 15) is 9.90 Å². The molecule has 3 aromatic rings. The molecule has 2 aromatic carbocycles. The number of nitrogens with one attached hydrogen (secondary N) is 2. The minimum Gasteiger partial charge on any atom is -0.508 e. The van der Waals surface area contributed by atoms with E-state index in [1.165, 1.54) is 6.08 Å². The van der Waals surface area contributed by atoms with Crippen molar-refractivity contribution in [2.45, 2.75) is 13.3 Å². The van der Waals surface area contributed by atoms with Crippen molar-refractivity contribution in [1.29, 1.82) is 0 Å². The van der Waals surface area contributed by atoms with Gasteiger partial charge < -0.3 is 20.1 Å². The number of amides is 1. The van der Waals surface area contributed by atoms with Crippen LogP contribution >= 0.6 is 0 Å². The maximum atomic E-state index is 12.0. The molecule has 134 valence electrons. The van der Waals surface area contributed by atoms with E-state index >= 15 is 0 Å². The van der Waals surface area contributed by atoms with Crippen LogP contribution in [0.25, 0.3) is 17.0 Å². The van der Waals surface area contributed by atoms with Gasteiger partial charge in [0.2, 0.25) is 5.91 Å². The van der Waals surface area contributed by atoms with Crippen molar-refractivity contribution < 1.29 is 14.6 Å². The number of hydrogen-bond donors (Lipinski definition) is 3. The van der Waals surface area contributed by atoms with Gasteiger partial charge in [-0.05, 0) is 66.4 Å². The van der Waals surface area contributed by atoms with Crippen molar-refractivity contribution in [2.75, 3.05) is 13.7 Å². The van der Waals surface area contributed by atoms with Gasteiger partial charge in [-0.1, -0.05) is 6.07 Å². The van der Waals surface area contributed by atoms with E-state index < -0.39 is 0 Å². The number of benzene rings is 2. The van der Waals surface area contributed by atoms with E-state index in [-0.39, 0.29) is 11.7 Å². The number of methoxy groups -OCH3 is 1. The first-order valence-corrected chi connectivity index (χ1v) is 8.46. The summed E-state index contributed by atoms with van der Waals surface area (Å²) in [6.07, 6.45) is 5.93. The number of hydrogen-bond acceptors (Lipinski definition) is 3. The Kier molecular flexibility index (Phi) is 5.27. The summed E-state index contributed by atoms with van der Waals surface area (Å²) in [5, 5.41) is 13.5. The molecule has 0 saturated carbocycles. The number of fused-ring (bicyclic) bond motifs is 1.